The lowest BCUT2D eigenvalue weighted by Crippen LogP contribution is -2.33. The van der Waals surface area contributed by atoms with E-state index in [2.05, 4.69) is 10.3 Å². The summed E-state index contributed by atoms with van der Waals surface area (Å²) in [5.74, 6) is -0.759. The first-order chi connectivity index (χ1) is 7.96. The van der Waals surface area contributed by atoms with E-state index in [0.717, 1.165) is 11.3 Å². The minimum absolute atomic E-state index is 0.132. The monoisotopic (exact) mass is 245 g/mol. The van der Waals surface area contributed by atoms with E-state index in [4.69, 9.17) is 0 Å². The van der Waals surface area contributed by atoms with Crippen LogP contribution in [0.15, 0.2) is 12.3 Å². The van der Waals surface area contributed by atoms with E-state index in [9.17, 15) is 18.0 Å². The van der Waals surface area contributed by atoms with Crippen LogP contribution in [0.1, 0.15) is 21.7 Å². The lowest BCUT2D eigenvalue weighted by Gasteiger charge is -2.07. The van der Waals surface area contributed by atoms with Crippen LogP contribution in [0.3, 0.4) is 0 Å². The van der Waals surface area contributed by atoms with Gasteiger partial charge in [0.2, 0.25) is 0 Å². The van der Waals surface area contributed by atoms with Crippen molar-refractivity contribution in [2.24, 2.45) is 0 Å². The Morgan fingerprint density at radius 3 is 2.88 bits per heavy atom. The van der Waals surface area contributed by atoms with Gasteiger partial charge in [0.1, 0.15) is 12.2 Å². The number of hydrogen-bond acceptors (Lipinski definition) is 2. The van der Waals surface area contributed by atoms with Crippen molar-refractivity contribution in [1.82, 2.24) is 15.6 Å². The van der Waals surface area contributed by atoms with Gasteiger partial charge < -0.3 is 15.6 Å². The molecule has 1 aromatic rings. The van der Waals surface area contributed by atoms with Gasteiger partial charge in [0.25, 0.3) is 5.91 Å². The molecule has 0 aliphatic carbocycles. The Balaban J connectivity index is 2.05. The molecule has 1 aromatic heterocycles. The van der Waals surface area contributed by atoms with Gasteiger partial charge in [-0.1, -0.05) is 0 Å². The molecule has 1 amide bonds. The van der Waals surface area contributed by atoms with Gasteiger partial charge in [0.05, 0.1) is 6.54 Å². The van der Waals surface area contributed by atoms with Crippen molar-refractivity contribution in [3.8, 4) is 0 Å². The van der Waals surface area contributed by atoms with Gasteiger partial charge in [-0.3, -0.25) is 4.79 Å². The van der Waals surface area contributed by atoms with Crippen LogP contribution < -0.4 is 10.6 Å². The second kappa shape index (κ2) is 4.15. The van der Waals surface area contributed by atoms with Crippen molar-refractivity contribution >= 4 is 12.0 Å². The number of nitrogens with one attached hydrogen (secondary N) is 3. The second-order valence-corrected chi connectivity index (χ2v) is 3.63. The Morgan fingerprint density at radius 1 is 1.47 bits per heavy atom. The Kier molecular flexibility index (Phi) is 2.83. The number of H-pyrrole nitrogens is 1. The highest BCUT2D eigenvalue weighted by molar-refractivity contribution is 5.93. The number of aromatic amines is 1. The third-order valence-corrected chi connectivity index (χ3v) is 2.29. The summed E-state index contributed by atoms with van der Waals surface area (Å²) in [5, 5.41) is 4.73. The highest BCUT2D eigenvalue weighted by atomic mass is 19.4. The fraction of sp³-hybridized carbons (Fsp3) is 0.300. The number of rotatable bonds is 2. The van der Waals surface area contributed by atoms with Crippen LogP contribution in [-0.2, 0) is 6.54 Å². The smallest absolute Gasteiger partial charge is 0.385 e. The lowest BCUT2D eigenvalue weighted by molar-refractivity contribution is -0.123. The molecule has 0 radical (unpaired) electrons. The predicted molar refractivity (Wildman–Crippen MR) is 55.1 cm³/mol. The Morgan fingerprint density at radius 2 is 2.24 bits per heavy atom. The van der Waals surface area contributed by atoms with Crippen LogP contribution in [0.2, 0.25) is 0 Å². The van der Waals surface area contributed by atoms with Gasteiger partial charge >= 0.3 is 6.18 Å². The first-order valence-corrected chi connectivity index (χ1v) is 4.92. The summed E-state index contributed by atoms with van der Waals surface area (Å²) >= 11 is 0. The van der Waals surface area contributed by atoms with Crippen LogP contribution >= 0.6 is 0 Å². The molecule has 4 nitrogen and oxygen atoms in total. The third-order valence-electron chi connectivity index (χ3n) is 2.29. The van der Waals surface area contributed by atoms with Gasteiger partial charge in [0, 0.05) is 5.69 Å². The second-order valence-electron chi connectivity index (χ2n) is 3.63. The molecule has 3 N–H and O–H groups in total. The maximum absolute atomic E-state index is 11.9. The zero-order valence-corrected chi connectivity index (χ0v) is 8.69. The third kappa shape index (κ3) is 2.80. The molecule has 2 heterocycles. The highest BCUT2D eigenvalue weighted by Crippen LogP contribution is 2.16. The van der Waals surface area contributed by atoms with Crippen LogP contribution in [-0.4, -0.2) is 23.6 Å². The summed E-state index contributed by atoms with van der Waals surface area (Å²) in [6, 6.07) is 1.53. The molecule has 1 aliphatic heterocycles. The Hall–Kier alpha value is -1.92. The molecule has 0 unspecified atom stereocenters. The standard InChI is InChI=1S/C10H10F3N3O/c11-10(12,13)5-15-9(17)7-3-6-1-2-14-4-8(6)16-7/h1-3,14,16H,4-5H2,(H,15,17). The molecule has 2 rings (SSSR count). The van der Waals surface area contributed by atoms with Crippen LogP contribution in [0, 0.1) is 0 Å². The molecule has 7 heteroatoms. The summed E-state index contributed by atoms with van der Waals surface area (Å²) in [6.45, 7) is -0.804. The first kappa shape index (κ1) is 11.6. The molecule has 0 bridgehead atoms. The molecule has 92 valence electrons. The molecule has 17 heavy (non-hydrogen) atoms. The van der Waals surface area contributed by atoms with Crippen molar-refractivity contribution in [1.29, 1.82) is 0 Å². The van der Waals surface area contributed by atoms with Gasteiger partial charge in [-0.05, 0) is 23.9 Å². The fourth-order valence-electron chi connectivity index (χ4n) is 1.52. The van der Waals surface area contributed by atoms with Crippen LogP contribution in [0.25, 0.3) is 6.08 Å². The number of halogens is 3. The minimum atomic E-state index is -4.40. The van der Waals surface area contributed by atoms with Gasteiger partial charge in [-0.2, -0.15) is 13.2 Å². The number of carbonyl (C=O) groups excluding carboxylic acids is 1. The van der Waals surface area contributed by atoms with E-state index in [-0.39, 0.29) is 5.69 Å². The van der Waals surface area contributed by atoms with E-state index >= 15 is 0 Å². The summed E-state index contributed by atoms with van der Waals surface area (Å²) < 4.78 is 35.7. The Bertz CT molecular complexity index is 462. The van der Waals surface area contributed by atoms with Crippen molar-refractivity contribution < 1.29 is 18.0 Å². The van der Waals surface area contributed by atoms with Gasteiger partial charge in [-0.25, -0.2) is 0 Å². The number of alkyl halides is 3. The van der Waals surface area contributed by atoms with E-state index < -0.39 is 18.6 Å². The molecular weight excluding hydrogens is 235 g/mol. The zero-order chi connectivity index (χ0) is 12.5. The maximum Gasteiger partial charge on any atom is 0.405 e. The SMILES string of the molecule is O=C(NCC(F)(F)F)c1cc2c([nH]1)CNC=C2. The zero-order valence-electron chi connectivity index (χ0n) is 8.69. The quantitative estimate of drug-likeness (QED) is 0.737. The first-order valence-electron chi connectivity index (χ1n) is 4.92. The predicted octanol–water partition coefficient (Wildman–Crippen LogP) is 1.38. The number of amides is 1. The largest absolute Gasteiger partial charge is 0.405 e. The summed E-state index contributed by atoms with van der Waals surface area (Å²) in [7, 11) is 0. The summed E-state index contributed by atoms with van der Waals surface area (Å²) in [6.07, 6.45) is -0.938. The van der Waals surface area contributed by atoms with E-state index in [1.54, 1.807) is 12.3 Å². The van der Waals surface area contributed by atoms with Crippen molar-refractivity contribution in [2.45, 2.75) is 12.7 Å². The highest BCUT2D eigenvalue weighted by Gasteiger charge is 2.28. The van der Waals surface area contributed by atoms with Crippen molar-refractivity contribution in [2.75, 3.05) is 6.54 Å². The molecule has 0 saturated heterocycles. The average molecular weight is 245 g/mol. The molecule has 1 aliphatic rings. The van der Waals surface area contributed by atoms with Crippen molar-refractivity contribution in [3.63, 3.8) is 0 Å². The van der Waals surface area contributed by atoms with E-state index in [0.29, 0.717) is 6.54 Å². The fourth-order valence-corrected chi connectivity index (χ4v) is 1.52. The average Bonchev–Trinajstić information content (AvgIpc) is 2.68. The topological polar surface area (TPSA) is 56.9 Å². The molecule has 0 aromatic carbocycles. The number of hydrogen-bond donors (Lipinski definition) is 3. The lowest BCUT2D eigenvalue weighted by atomic mass is 10.2. The Labute approximate surface area is 94.9 Å². The molecule has 0 fully saturated rings. The van der Waals surface area contributed by atoms with Crippen LogP contribution in [0.5, 0.6) is 0 Å². The number of fused-ring (bicyclic) bond motifs is 1. The molecule has 0 spiro atoms. The number of aromatic nitrogens is 1. The summed E-state index contributed by atoms with van der Waals surface area (Å²) in [4.78, 5) is 14.2. The van der Waals surface area contributed by atoms with Gasteiger partial charge in [0.15, 0.2) is 0 Å². The molecule has 0 saturated carbocycles. The van der Waals surface area contributed by atoms with E-state index in [1.807, 2.05) is 5.32 Å². The normalized spacial score (nSPS) is 14.1. The molecule has 0 atom stereocenters. The maximum atomic E-state index is 11.9. The molecular formula is C10H10F3N3O. The van der Waals surface area contributed by atoms with Crippen molar-refractivity contribution in [3.05, 3.63) is 29.2 Å². The van der Waals surface area contributed by atoms with E-state index in [1.165, 1.54) is 6.07 Å². The number of carbonyl (C=O) groups is 1. The van der Waals surface area contributed by atoms with Gasteiger partial charge in [-0.15, -0.1) is 0 Å². The summed E-state index contributed by atoms with van der Waals surface area (Å²) in [5.41, 5.74) is 1.72. The van der Waals surface area contributed by atoms with Crippen LogP contribution in [0.4, 0.5) is 13.2 Å². The minimum Gasteiger partial charge on any atom is -0.385 e.